The monoisotopic (exact) mass is 122 g/mol. The van der Waals surface area contributed by atoms with Gasteiger partial charge in [0.05, 0.1) is 0 Å². The van der Waals surface area contributed by atoms with Crippen molar-refractivity contribution in [2.75, 3.05) is 0 Å². The van der Waals surface area contributed by atoms with Gasteiger partial charge in [0.25, 0.3) is 0 Å². The maximum atomic E-state index is 3.93. The van der Waals surface area contributed by atoms with Crippen molar-refractivity contribution in [3.8, 4) is 0 Å². The minimum Gasteiger partial charge on any atom is -0.0995 e. The van der Waals surface area contributed by atoms with Crippen molar-refractivity contribution in [1.82, 2.24) is 0 Å². The van der Waals surface area contributed by atoms with Crippen molar-refractivity contribution in [2.24, 2.45) is 5.92 Å². The standard InChI is InChI=1S/C9H14/c1-7(2)9-5-4-8(3)6-9/h6,9H,1,4-5H2,2-3H3/t9-/m1/s1. The van der Waals surface area contributed by atoms with Crippen molar-refractivity contribution in [3.05, 3.63) is 23.8 Å². The van der Waals surface area contributed by atoms with Crippen LogP contribution in [0.15, 0.2) is 23.8 Å². The van der Waals surface area contributed by atoms with Gasteiger partial charge in [-0.2, -0.15) is 0 Å². The summed E-state index contributed by atoms with van der Waals surface area (Å²) in [7, 11) is 0. The molecular formula is C9H14. The summed E-state index contributed by atoms with van der Waals surface area (Å²) in [6.45, 7) is 8.24. The van der Waals surface area contributed by atoms with E-state index in [1.807, 2.05) is 0 Å². The second kappa shape index (κ2) is 2.38. The molecule has 0 radical (unpaired) electrons. The van der Waals surface area contributed by atoms with Crippen LogP contribution < -0.4 is 0 Å². The molecule has 0 aliphatic heterocycles. The van der Waals surface area contributed by atoms with Crippen LogP contribution in [0, 0.1) is 5.92 Å². The van der Waals surface area contributed by atoms with Crippen LogP contribution in [0.5, 0.6) is 0 Å². The normalized spacial score (nSPS) is 26.0. The smallest absolute Gasteiger partial charge is 0.00231 e. The molecule has 9 heavy (non-hydrogen) atoms. The fourth-order valence-corrected chi connectivity index (χ4v) is 1.28. The Hall–Kier alpha value is -0.520. The van der Waals surface area contributed by atoms with Crippen LogP contribution in [0.25, 0.3) is 0 Å². The molecule has 0 unspecified atom stereocenters. The van der Waals surface area contributed by atoms with Crippen LogP contribution in [-0.4, -0.2) is 0 Å². The van der Waals surface area contributed by atoms with E-state index in [1.54, 1.807) is 0 Å². The Kier molecular flexibility index (Phi) is 1.75. The first-order valence-corrected chi connectivity index (χ1v) is 3.53. The molecule has 0 N–H and O–H groups in total. The molecule has 1 aliphatic carbocycles. The number of hydrogen-bond donors (Lipinski definition) is 0. The third-order valence-corrected chi connectivity index (χ3v) is 1.97. The van der Waals surface area contributed by atoms with Crippen LogP contribution in [0.1, 0.15) is 26.7 Å². The van der Waals surface area contributed by atoms with Crippen molar-refractivity contribution in [2.45, 2.75) is 26.7 Å². The predicted molar refractivity (Wildman–Crippen MR) is 41.3 cm³/mol. The zero-order valence-electron chi connectivity index (χ0n) is 6.28. The van der Waals surface area contributed by atoms with E-state index < -0.39 is 0 Å². The van der Waals surface area contributed by atoms with E-state index in [9.17, 15) is 0 Å². The molecule has 1 aliphatic rings. The van der Waals surface area contributed by atoms with Crippen LogP contribution in [0.4, 0.5) is 0 Å². The van der Waals surface area contributed by atoms with Crippen LogP contribution in [0.3, 0.4) is 0 Å². The highest BCUT2D eigenvalue weighted by molar-refractivity contribution is 5.17. The molecule has 0 saturated heterocycles. The summed E-state index contributed by atoms with van der Waals surface area (Å²) in [5.74, 6) is 0.685. The molecule has 0 saturated carbocycles. The number of hydrogen-bond acceptors (Lipinski definition) is 0. The first kappa shape index (κ1) is 6.60. The predicted octanol–water partition coefficient (Wildman–Crippen LogP) is 2.92. The lowest BCUT2D eigenvalue weighted by Gasteiger charge is -2.03. The fourth-order valence-electron chi connectivity index (χ4n) is 1.28. The lowest BCUT2D eigenvalue weighted by Crippen LogP contribution is -1.89. The average Bonchev–Trinajstić information content (AvgIpc) is 2.14. The van der Waals surface area contributed by atoms with Gasteiger partial charge >= 0.3 is 0 Å². The molecule has 1 atom stereocenters. The van der Waals surface area contributed by atoms with Gasteiger partial charge in [0.15, 0.2) is 0 Å². The number of allylic oxidation sites excluding steroid dienone is 3. The molecule has 0 heteroatoms. The Bertz CT molecular complexity index is 151. The lowest BCUT2D eigenvalue weighted by atomic mass is 10.0. The van der Waals surface area contributed by atoms with E-state index in [-0.39, 0.29) is 0 Å². The molecular weight excluding hydrogens is 108 g/mol. The second-order valence-corrected chi connectivity index (χ2v) is 3.00. The summed E-state index contributed by atoms with van der Waals surface area (Å²) in [6.07, 6.45) is 4.90. The first-order valence-electron chi connectivity index (χ1n) is 3.53. The highest BCUT2D eigenvalue weighted by Gasteiger charge is 2.12. The highest BCUT2D eigenvalue weighted by Crippen LogP contribution is 2.27. The molecule has 0 spiro atoms. The van der Waals surface area contributed by atoms with Crippen molar-refractivity contribution < 1.29 is 0 Å². The SMILES string of the molecule is C=C(C)[C@H]1C=C(C)CC1. The van der Waals surface area contributed by atoms with Gasteiger partial charge in [-0.1, -0.05) is 23.8 Å². The zero-order valence-corrected chi connectivity index (χ0v) is 6.28. The third kappa shape index (κ3) is 1.44. The highest BCUT2D eigenvalue weighted by atomic mass is 14.2. The molecule has 0 aromatic heterocycles. The van der Waals surface area contributed by atoms with Gasteiger partial charge in [-0.05, 0) is 32.6 Å². The van der Waals surface area contributed by atoms with Crippen LogP contribution >= 0.6 is 0 Å². The quantitative estimate of drug-likeness (QED) is 0.469. The van der Waals surface area contributed by atoms with E-state index in [0.29, 0.717) is 5.92 Å². The third-order valence-electron chi connectivity index (χ3n) is 1.97. The molecule has 0 fully saturated rings. The lowest BCUT2D eigenvalue weighted by molar-refractivity contribution is 0.727. The molecule has 1 rings (SSSR count). The summed E-state index contributed by atoms with van der Waals surface area (Å²) < 4.78 is 0. The maximum absolute atomic E-state index is 3.93. The zero-order chi connectivity index (χ0) is 6.85. The largest absolute Gasteiger partial charge is 0.0995 e. The Morgan fingerprint density at radius 3 is 2.67 bits per heavy atom. The van der Waals surface area contributed by atoms with Gasteiger partial charge in [-0.25, -0.2) is 0 Å². The summed E-state index contributed by atoms with van der Waals surface area (Å²) in [4.78, 5) is 0. The fraction of sp³-hybridized carbons (Fsp3) is 0.556. The van der Waals surface area contributed by atoms with Gasteiger partial charge < -0.3 is 0 Å². The first-order chi connectivity index (χ1) is 4.20. The summed E-state index contributed by atoms with van der Waals surface area (Å²) in [6, 6.07) is 0. The van der Waals surface area contributed by atoms with Crippen molar-refractivity contribution in [3.63, 3.8) is 0 Å². The Labute approximate surface area is 57.3 Å². The van der Waals surface area contributed by atoms with E-state index in [2.05, 4.69) is 26.5 Å². The molecule has 50 valence electrons. The summed E-state index contributed by atoms with van der Waals surface area (Å²) >= 11 is 0. The van der Waals surface area contributed by atoms with Crippen LogP contribution in [0.2, 0.25) is 0 Å². The molecule has 0 aromatic rings. The van der Waals surface area contributed by atoms with E-state index in [1.165, 1.54) is 24.0 Å². The van der Waals surface area contributed by atoms with Crippen molar-refractivity contribution >= 4 is 0 Å². The van der Waals surface area contributed by atoms with Gasteiger partial charge in [-0.3, -0.25) is 0 Å². The minimum atomic E-state index is 0.685. The van der Waals surface area contributed by atoms with Gasteiger partial charge in [0.2, 0.25) is 0 Å². The van der Waals surface area contributed by atoms with Gasteiger partial charge in [0.1, 0.15) is 0 Å². The Balaban J connectivity index is 2.57. The van der Waals surface area contributed by atoms with Gasteiger partial charge in [-0.15, -0.1) is 0 Å². The Morgan fingerprint density at radius 1 is 1.78 bits per heavy atom. The van der Waals surface area contributed by atoms with E-state index >= 15 is 0 Å². The number of rotatable bonds is 1. The van der Waals surface area contributed by atoms with Crippen LogP contribution in [-0.2, 0) is 0 Å². The van der Waals surface area contributed by atoms with E-state index in [0.717, 1.165) is 0 Å². The second-order valence-electron chi connectivity index (χ2n) is 3.00. The van der Waals surface area contributed by atoms with Gasteiger partial charge in [0, 0.05) is 0 Å². The maximum Gasteiger partial charge on any atom is -0.00231 e. The topological polar surface area (TPSA) is 0 Å². The molecule has 0 aromatic carbocycles. The molecule has 0 bridgehead atoms. The molecule has 0 heterocycles. The van der Waals surface area contributed by atoms with Crippen molar-refractivity contribution in [1.29, 1.82) is 0 Å². The Morgan fingerprint density at radius 2 is 2.44 bits per heavy atom. The van der Waals surface area contributed by atoms with E-state index in [4.69, 9.17) is 0 Å². The minimum absolute atomic E-state index is 0.685. The average molecular weight is 122 g/mol. The summed E-state index contributed by atoms with van der Waals surface area (Å²) in [5, 5.41) is 0. The molecule has 0 nitrogen and oxygen atoms in total. The summed E-state index contributed by atoms with van der Waals surface area (Å²) in [5.41, 5.74) is 2.84. The molecule has 0 amide bonds.